The number of aromatic nitrogens is 2. The van der Waals surface area contributed by atoms with Crippen molar-refractivity contribution in [3.8, 4) is 11.3 Å². The molecule has 2 amide bonds. The van der Waals surface area contributed by atoms with Crippen LogP contribution in [0.25, 0.3) is 21.5 Å². The zero-order valence-electron chi connectivity index (χ0n) is 18.5. The Labute approximate surface area is 194 Å². The van der Waals surface area contributed by atoms with Crippen molar-refractivity contribution >= 4 is 33.4 Å². The van der Waals surface area contributed by atoms with Crippen molar-refractivity contribution in [2.45, 2.75) is 26.3 Å². The lowest BCUT2D eigenvalue weighted by Crippen LogP contribution is -2.40. The van der Waals surface area contributed by atoms with Gasteiger partial charge in [-0.1, -0.05) is 0 Å². The van der Waals surface area contributed by atoms with Crippen molar-refractivity contribution < 1.29 is 18.7 Å². The number of amides is 2. The van der Waals surface area contributed by atoms with Crippen LogP contribution in [0.15, 0.2) is 33.1 Å². The van der Waals surface area contributed by atoms with Crippen LogP contribution >= 0.6 is 11.3 Å². The summed E-state index contributed by atoms with van der Waals surface area (Å²) in [6.45, 7) is 5.73. The van der Waals surface area contributed by atoms with Gasteiger partial charge in [0.1, 0.15) is 10.6 Å². The summed E-state index contributed by atoms with van der Waals surface area (Å²) in [5.41, 5.74) is 0.553. The lowest BCUT2D eigenvalue weighted by atomic mass is 9.96. The summed E-state index contributed by atoms with van der Waals surface area (Å²) in [6.07, 6.45) is 3.34. The van der Waals surface area contributed by atoms with Gasteiger partial charge in [0.25, 0.3) is 11.5 Å². The summed E-state index contributed by atoms with van der Waals surface area (Å²) >= 11 is 1.39. The van der Waals surface area contributed by atoms with Crippen LogP contribution < -0.4 is 5.56 Å². The quantitative estimate of drug-likeness (QED) is 0.581. The second kappa shape index (κ2) is 9.11. The van der Waals surface area contributed by atoms with E-state index in [1.165, 1.54) is 11.3 Å². The maximum atomic E-state index is 13.4. The third-order valence-corrected chi connectivity index (χ3v) is 7.34. The van der Waals surface area contributed by atoms with Crippen LogP contribution in [0.5, 0.6) is 0 Å². The topological polar surface area (TPSA) is 97.9 Å². The highest BCUT2D eigenvalue weighted by molar-refractivity contribution is 7.17. The maximum Gasteiger partial charge on any atom is 0.289 e. The van der Waals surface area contributed by atoms with Crippen LogP contribution in [-0.2, 0) is 16.1 Å². The molecule has 5 rings (SSSR count). The molecule has 9 nitrogen and oxygen atoms in total. The van der Waals surface area contributed by atoms with Crippen LogP contribution in [0.2, 0.25) is 0 Å². The Bertz CT molecular complexity index is 1230. The van der Waals surface area contributed by atoms with E-state index in [1.807, 2.05) is 10.3 Å². The van der Waals surface area contributed by atoms with E-state index in [4.69, 9.17) is 9.15 Å². The molecule has 0 unspecified atom stereocenters. The van der Waals surface area contributed by atoms with Crippen LogP contribution in [0.3, 0.4) is 0 Å². The zero-order valence-corrected chi connectivity index (χ0v) is 19.3. The van der Waals surface area contributed by atoms with Gasteiger partial charge in [0.05, 0.1) is 24.9 Å². The van der Waals surface area contributed by atoms with E-state index in [-0.39, 0.29) is 23.1 Å². The number of thiophene rings is 1. The van der Waals surface area contributed by atoms with Crippen LogP contribution in [0.1, 0.15) is 30.3 Å². The predicted molar refractivity (Wildman–Crippen MR) is 123 cm³/mol. The van der Waals surface area contributed by atoms with Crippen LogP contribution in [0.4, 0.5) is 0 Å². The Morgan fingerprint density at radius 1 is 1.12 bits per heavy atom. The van der Waals surface area contributed by atoms with Crippen molar-refractivity contribution in [1.29, 1.82) is 0 Å². The van der Waals surface area contributed by atoms with Crippen molar-refractivity contribution in [1.82, 2.24) is 19.4 Å². The molecule has 3 aromatic heterocycles. The molecule has 3 aromatic rings. The van der Waals surface area contributed by atoms with Crippen LogP contribution in [-0.4, -0.2) is 70.6 Å². The number of hydrogen-bond donors (Lipinski definition) is 0. The molecule has 2 fully saturated rings. The van der Waals surface area contributed by atoms with E-state index in [2.05, 4.69) is 4.98 Å². The lowest BCUT2D eigenvalue weighted by Gasteiger charge is -2.31. The molecule has 0 saturated carbocycles. The Balaban J connectivity index is 1.38. The lowest BCUT2D eigenvalue weighted by molar-refractivity contribution is -0.130. The fourth-order valence-electron chi connectivity index (χ4n) is 4.51. The number of ether oxygens (including phenoxy) is 1. The number of rotatable bonds is 4. The van der Waals surface area contributed by atoms with Crippen molar-refractivity contribution in [3.05, 3.63) is 40.0 Å². The molecular weight excluding hydrogens is 444 g/mol. The molecule has 5 heterocycles. The number of fused-ring (bicyclic) bond motifs is 1. The Morgan fingerprint density at radius 3 is 2.61 bits per heavy atom. The van der Waals surface area contributed by atoms with Crippen molar-refractivity contribution in [3.63, 3.8) is 0 Å². The standard InChI is InChI=1S/C23H26N4O5S/c1-15(28)25-6-4-16(5-7-25)12-27-14-24-21-20(23(27)30)17(13-33-21)18-2-3-19(32-18)22(29)26-8-10-31-11-9-26/h2-3,13-14,16H,4-12H2,1H3. The number of likely N-dealkylation sites (tertiary alicyclic amines) is 1. The summed E-state index contributed by atoms with van der Waals surface area (Å²) in [7, 11) is 0. The molecule has 0 N–H and O–H groups in total. The Morgan fingerprint density at radius 2 is 1.88 bits per heavy atom. The van der Waals surface area contributed by atoms with Gasteiger partial charge in [-0.3, -0.25) is 19.0 Å². The van der Waals surface area contributed by atoms with E-state index in [0.717, 1.165) is 25.9 Å². The minimum atomic E-state index is -0.170. The SMILES string of the molecule is CC(=O)N1CCC(Cn2cnc3scc(-c4ccc(C(=O)N5CCOCC5)o4)c3c2=O)CC1. The van der Waals surface area contributed by atoms with E-state index < -0.39 is 0 Å². The number of nitrogens with zero attached hydrogens (tertiary/aromatic N) is 4. The van der Waals surface area contributed by atoms with E-state index in [9.17, 15) is 14.4 Å². The Hall–Kier alpha value is -2.98. The smallest absolute Gasteiger partial charge is 0.289 e. The van der Waals surface area contributed by atoms with Gasteiger partial charge in [-0.25, -0.2) is 4.98 Å². The van der Waals surface area contributed by atoms with Gasteiger partial charge < -0.3 is 19.0 Å². The summed E-state index contributed by atoms with van der Waals surface area (Å²) in [5, 5.41) is 2.37. The van der Waals surface area contributed by atoms with Crippen LogP contribution in [0, 0.1) is 5.92 Å². The first kappa shape index (κ1) is 21.8. The molecule has 2 aliphatic rings. The largest absolute Gasteiger partial charge is 0.451 e. The van der Waals surface area contributed by atoms with Gasteiger partial charge in [0.2, 0.25) is 5.91 Å². The predicted octanol–water partition coefficient (Wildman–Crippen LogP) is 2.45. The summed E-state index contributed by atoms with van der Waals surface area (Å²) in [6, 6.07) is 3.40. The number of hydrogen-bond acceptors (Lipinski definition) is 7. The minimum absolute atomic E-state index is 0.0986. The van der Waals surface area contributed by atoms with Gasteiger partial charge in [0.15, 0.2) is 5.76 Å². The summed E-state index contributed by atoms with van der Waals surface area (Å²) in [5.74, 6) is 0.996. The first-order chi connectivity index (χ1) is 16.0. The number of carbonyl (C=O) groups is 2. The second-order valence-electron chi connectivity index (χ2n) is 8.55. The summed E-state index contributed by atoms with van der Waals surface area (Å²) < 4.78 is 12.9. The molecule has 174 valence electrons. The molecule has 2 aliphatic heterocycles. The highest BCUT2D eigenvalue weighted by atomic mass is 32.1. The van der Waals surface area contributed by atoms with Crippen molar-refractivity contribution in [2.75, 3.05) is 39.4 Å². The monoisotopic (exact) mass is 470 g/mol. The maximum absolute atomic E-state index is 13.4. The molecule has 0 spiro atoms. The first-order valence-corrected chi connectivity index (χ1v) is 12.1. The third-order valence-electron chi connectivity index (χ3n) is 6.46. The normalized spacial score (nSPS) is 17.6. The fourth-order valence-corrected chi connectivity index (χ4v) is 5.39. The molecule has 0 atom stereocenters. The minimum Gasteiger partial charge on any atom is -0.451 e. The highest BCUT2D eigenvalue weighted by Gasteiger charge is 2.24. The zero-order chi connectivity index (χ0) is 22.9. The molecule has 10 heteroatoms. The molecule has 33 heavy (non-hydrogen) atoms. The molecule has 0 radical (unpaired) electrons. The van der Waals surface area contributed by atoms with Gasteiger partial charge in [-0.15, -0.1) is 11.3 Å². The van der Waals surface area contributed by atoms with Gasteiger partial charge in [0, 0.05) is 50.6 Å². The van der Waals surface area contributed by atoms with Gasteiger partial charge in [-0.05, 0) is 30.9 Å². The van der Waals surface area contributed by atoms with Crippen molar-refractivity contribution in [2.24, 2.45) is 5.92 Å². The summed E-state index contributed by atoms with van der Waals surface area (Å²) in [4.78, 5) is 46.4. The van der Waals surface area contributed by atoms with E-state index in [0.29, 0.717) is 60.3 Å². The average molecular weight is 471 g/mol. The number of piperidine rings is 1. The first-order valence-electron chi connectivity index (χ1n) is 11.2. The number of morpholine rings is 1. The van der Waals surface area contributed by atoms with Gasteiger partial charge in [-0.2, -0.15) is 0 Å². The molecule has 0 aromatic carbocycles. The van der Waals surface area contributed by atoms with E-state index >= 15 is 0 Å². The van der Waals surface area contributed by atoms with Gasteiger partial charge >= 0.3 is 0 Å². The molecule has 0 aliphatic carbocycles. The number of furan rings is 1. The average Bonchev–Trinajstić information content (AvgIpc) is 3.49. The number of carbonyl (C=O) groups excluding carboxylic acids is 2. The molecular formula is C23H26N4O5S. The third kappa shape index (κ3) is 4.32. The molecule has 2 saturated heterocycles. The molecule has 0 bridgehead atoms. The van der Waals surface area contributed by atoms with E-state index in [1.54, 1.807) is 34.9 Å². The Kier molecular flexibility index (Phi) is 6.03. The highest BCUT2D eigenvalue weighted by Crippen LogP contribution is 2.32. The second-order valence-corrected chi connectivity index (χ2v) is 9.41. The fraction of sp³-hybridized carbons (Fsp3) is 0.478.